The van der Waals surface area contributed by atoms with Crippen LogP contribution in [0, 0.1) is 0 Å². The molecule has 2 aromatic heterocycles. The molecule has 0 spiro atoms. The zero-order chi connectivity index (χ0) is 34.2. The van der Waals surface area contributed by atoms with Gasteiger partial charge in [0.1, 0.15) is 11.2 Å². The predicted octanol–water partition coefficient (Wildman–Crippen LogP) is 9.80. The molecule has 52 heavy (non-hydrogen) atoms. The Hall–Kier alpha value is -6.85. The molecule has 0 bridgehead atoms. The lowest BCUT2D eigenvalue weighted by molar-refractivity contribution is 0.668. The third kappa shape index (κ3) is 4.46. The van der Waals surface area contributed by atoms with Crippen molar-refractivity contribution in [1.82, 2.24) is 15.0 Å². The van der Waals surface area contributed by atoms with E-state index >= 15 is 0 Å². The Morgan fingerprint density at radius 3 is 1.87 bits per heavy atom. The molecule has 1 aliphatic carbocycles. The molecule has 0 fully saturated rings. The lowest BCUT2D eigenvalue weighted by atomic mass is 9.88. The van der Waals surface area contributed by atoms with Crippen LogP contribution >= 0.6 is 0 Å². The molecule has 3 heterocycles. The molecule has 0 saturated carbocycles. The maximum atomic E-state index is 6.70. The van der Waals surface area contributed by atoms with E-state index in [4.69, 9.17) is 19.4 Å². The van der Waals surface area contributed by atoms with Crippen LogP contribution in [0.5, 0.6) is 0 Å². The van der Waals surface area contributed by atoms with Crippen molar-refractivity contribution in [1.29, 1.82) is 0 Å². The second-order valence-electron chi connectivity index (χ2n) is 13.6. The summed E-state index contributed by atoms with van der Waals surface area (Å²) in [6.45, 7) is 0. The summed E-state index contributed by atoms with van der Waals surface area (Å²) in [4.78, 5) is 17.9. The van der Waals surface area contributed by atoms with Gasteiger partial charge >= 0.3 is 0 Å². The first kappa shape index (κ1) is 28.9. The SMILES string of the molecule is C1=c2ccccc2=CC2C1c1ccc3ccccc3c1N2c1cc(-c2nc(-c3ccccc3)nc(-c3ccccc3)n2)c2c(c1)oc1ccccc12. The van der Waals surface area contributed by atoms with E-state index in [2.05, 4.69) is 102 Å². The van der Waals surface area contributed by atoms with E-state index in [9.17, 15) is 0 Å². The molecule has 2 atom stereocenters. The largest absolute Gasteiger partial charge is 0.456 e. The quantitative estimate of drug-likeness (QED) is 0.187. The monoisotopic (exact) mass is 666 g/mol. The number of hydrogen-bond donors (Lipinski definition) is 0. The summed E-state index contributed by atoms with van der Waals surface area (Å²) in [5.74, 6) is 2.03. The van der Waals surface area contributed by atoms with Gasteiger partial charge in [0, 0.05) is 50.5 Å². The highest BCUT2D eigenvalue weighted by molar-refractivity contribution is 6.14. The first-order chi connectivity index (χ1) is 25.8. The van der Waals surface area contributed by atoms with Crippen molar-refractivity contribution >= 4 is 56.2 Å². The molecule has 0 amide bonds. The van der Waals surface area contributed by atoms with Crippen LogP contribution in [0.3, 0.4) is 0 Å². The zero-order valence-corrected chi connectivity index (χ0v) is 28.0. The van der Waals surface area contributed by atoms with E-state index in [0.29, 0.717) is 17.5 Å². The Morgan fingerprint density at radius 1 is 0.500 bits per heavy atom. The number of para-hydroxylation sites is 1. The van der Waals surface area contributed by atoms with Crippen molar-refractivity contribution in [2.24, 2.45) is 0 Å². The van der Waals surface area contributed by atoms with Gasteiger partial charge in [0.2, 0.25) is 0 Å². The van der Waals surface area contributed by atoms with E-state index in [1.807, 2.05) is 72.8 Å². The Bertz CT molecular complexity index is 2930. The van der Waals surface area contributed by atoms with Gasteiger partial charge in [0.05, 0.1) is 11.7 Å². The minimum absolute atomic E-state index is 0.0588. The van der Waals surface area contributed by atoms with Crippen LogP contribution < -0.4 is 15.3 Å². The van der Waals surface area contributed by atoms with E-state index in [1.165, 1.54) is 32.5 Å². The first-order valence-electron chi connectivity index (χ1n) is 17.7. The Morgan fingerprint density at radius 2 is 1.12 bits per heavy atom. The van der Waals surface area contributed by atoms with Crippen LogP contribution in [0.25, 0.3) is 79.0 Å². The van der Waals surface area contributed by atoms with Crippen molar-refractivity contribution in [2.75, 3.05) is 4.90 Å². The molecule has 5 nitrogen and oxygen atoms in total. The number of nitrogens with zero attached hydrogens (tertiary/aromatic N) is 4. The summed E-state index contributed by atoms with van der Waals surface area (Å²) >= 11 is 0. The van der Waals surface area contributed by atoms with E-state index in [1.54, 1.807) is 0 Å². The average molecular weight is 667 g/mol. The Kier molecular flexibility index (Phi) is 6.31. The van der Waals surface area contributed by atoms with Gasteiger partial charge in [-0.3, -0.25) is 0 Å². The Labute approximate surface area is 299 Å². The lowest BCUT2D eigenvalue weighted by Gasteiger charge is -2.30. The van der Waals surface area contributed by atoms with Crippen molar-refractivity contribution in [3.63, 3.8) is 0 Å². The average Bonchev–Trinajstić information content (AvgIpc) is 3.75. The molecule has 1 aliphatic heterocycles. The normalized spacial score (nSPS) is 16.0. The molecule has 0 saturated heterocycles. The molecule has 11 rings (SSSR count). The van der Waals surface area contributed by atoms with Gasteiger partial charge in [0.25, 0.3) is 0 Å². The standard InChI is InChI=1S/C47H30N4O/c1-3-14-30(15-4-1)45-48-46(31-16-5-2-6-17-31)50-47(49-45)39-27-34(28-42-43(39)37-21-11-12-22-41(37)52-42)51-40-26-33-19-8-7-18-32(33)25-38(40)36-24-23-29-13-9-10-20-35(29)44(36)51/h1-28,38,40H. The van der Waals surface area contributed by atoms with Gasteiger partial charge in [-0.1, -0.05) is 152 Å². The summed E-state index contributed by atoms with van der Waals surface area (Å²) in [5.41, 5.74) is 7.95. The zero-order valence-electron chi connectivity index (χ0n) is 28.0. The minimum atomic E-state index is 0.0588. The molecular weight excluding hydrogens is 637 g/mol. The lowest BCUT2D eigenvalue weighted by Crippen LogP contribution is -2.38. The number of fused-ring (bicyclic) bond motifs is 9. The number of hydrogen-bond acceptors (Lipinski definition) is 5. The van der Waals surface area contributed by atoms with Crippen LogP contribution in [0.2, 0.25) is 0 Å². The predicted molar refractivity (Wildman–Crippen MR) is 211 cm³/mol. The van der Waals surface area contributed by atoms with Gasteiger partial charge in [0.15, 0.2) is 17.5 Å². The number of anilines is 2. The van der Waals surface area contributed by atoms with Crippen molar-refractivity contribution in [3.8, 4) is 34.2 Å². The highest BCUT2D eigenvalue weighted by Crippen LogP contribution is 2.52. The highest BCUT2D eigenvalue weighted by atomic mass is 16.3. The number of rotatable bonds is 4. The van der Waals surface area contributed by atoms with Gasteiger partial charge < -0.3 is 9.32 Å². The summed E-state index contributed by atoms with van der Waals surface area (Å²) in [5, 5.41) is 6.97. The van der Waals surface area contributed by atoms with Gasteiger partial charge in [-0.05, 0) is 33.5 Å². The van der Waals surface area contributed by atoms with E-state index in [0.717, 1.165) is 44.3 Å². The molecular formula is C47H30N4O. The fraction of sp³-hybridized carbons (Fsp3) is 0.0426. The molecule has 7 aromatic carbocycles. The van der Waals surface area contributed by atoms with Crippen molar-refractivity contribution < 1.29 is 4.42 Å². The summed E-state index contributed by atoms with van der Waals surface area (Å²) in [6, 6.07) is 55.0. The molecule has 5 heteroatoms. The molecule has 2 unspecified atom stereocenters. The van der Waals surface area contributed by atoms with Crippen molar-refractivity contribution in [3.05, 3.63) is 174 Å². The maximum absolute atomic E-state index is 6.70. The fourth-order valence-electron chi connectivity index (χ4n) is 8.25. The summed E-state index contributed by atoms with van der Waals surface area (Å²) < 4.78 is 6.70. The van der Waals surface area contributed by atoms with E-state index < -0.39 is 0 Å². The number of aromatic nitrogens is 3. The molecule has 244 valence electrons. The Balaban J connectivity index is 1.22. The topological polar surface area (TPSA) is 55.1 Å². The van der Waals surface area contributed by atoms with Gasteiger partial charge in [-0.25, -0.2) is 15.0 Å². The molecule has 0 radical (unpaired) electrons. The number of benzene rings is 7. The second-order valence-corrected chi connectivity index (χ2v) is 13.6. The van der Waals surface area contributed by atoms with Gasteiger partial charge in [-0.2, -0.15) is 0 Å². The van der Waals surface area contributed by atoms with Crippen LogP contribution in [0.15, 0.2) is 162 Å². The third-order valence-corrected chi connectivity index (χ3v) is 10.6. The van der Waals surface area contributed by atoms with Gasteiger partial charge in [-0.15, -0.1) is 0 Å². The summed E-state index contributed by atoms with van der Waals surface area (Å²) in [7, 11) is 0. The molecule has 2 aliphatic rings. The van der Waals surface area contributed by atoms with E-state index in [-0.39, 0.29) is 12.0 Å². The smallest absolute Gasteiger partial charge is 0.164 e. The summed E-state index contributed by atoms with van der Waals surface area (Å²) in [6.07, 6.45) is 4.87. The number of furan rings is 1. The molecule has 9 aromatic rings. The van der Waals surface area contributed by atoms with Crippen LogP contribution in [-0.2, 0) is 0 Å². The van der Waals surface area contributed by atoms with Crippen molar-refractivity contribution in [2.45, 2.75) is 12.0 Å². The van der Waals surface area contributed by atoms with Crippen LogP contribution in [0.4, 0.5) is 11.4 Å². The fourth-order valence-corrected chi connectivity index (χ4v) is 8.25. The third-order valence-electron chi connectivity index (χ3n) is 10.6. The first-order valence-corrected chi connectivity index (χ1v) is 17.7. The highest BCUT2D eigenvalue weighted by Gasteiger charge is 2.39. The van der Waals surface area contributed by atoms with Crippen LogP contribution in [-0.4, -0.2) is 21.0 Å². The van der Waals surface area contributed by atoms with Crippen LogP contribution in [0.1, 0.15) is 11.5 Å². The maximum Gasteiger partial charge on any atom is 0.164 e. The molecule has 0 N–H and O–H groups in total. The minimum Gasteiger partial charge on any atom is -0.456 e. The second kappa shape index (κ2) is 11.3.